The Morgan fingerprint density at radius 1 is 0.970 bits per heavy atom. The summed E-state index contributed by atoms with van der Waals surface area (Å²) < 4.78 is 6.72. The second-order valence-corrected chi connectivity index (χ2v) is 7.30. The number of H-pyrrole nitrogens is 1. The molecule has 9 nitrogen and oxygen atoms in total. The lowest BCUT2D eigenvalue weighted by atomic mass is 10.1. The first-order chi connectivity index (χ1) is 16.1. The molecule has 0 atom stereocenters. The van der Waals surface area contributed by atoms with Gasteiger partial charge in [0.25, 0.3) is 11.5 Å². The lowest BCUT2D eigenvalue weighted by Crippen LogP contribution is -2.19. The Kier molecular flexibility index (Phi) is 5.12. The van der Waals surface area contributed by atoms with Crippen molar-refractivity contribution >= 4 is 11.7 Å². The number of anilines is 1. The van der Waals surface area contributed by atoms with E-state index in [4.69, 9.17) is 4.52 Å². The zero-order valence-electron chi connectivity index (χ0n) is 17.5. The third-order valence-electron chi connectivity index (χ3n) is 4.88. The summed E-state index contributed by atoms with van der Waals surface area (Å²) >= 11 is 0. The lowest BCUT2D eigenvalue weighted by molar-refractivity contribution is 0.101. The lowest BCUT2D eigenvalue weighted by Gasteiger charge is -2.07. The van der Waals surface area contributed by atoms with Crippen LogP contribution in [0.1, 0.15) is 16.2 Å². The number of carbonyl (C=O) groups is 1. The topological polar surface area (TPSA) is 119 Å². The van der Waals surface area contributed by atoms with Gasteiger partial charge in [0.05, 0.1) is 5.69 Å². The molecule has 0 spiro atoms. The molecule has 0 aliphatic heterocycles. The zero-order valence-corrected chi connectivity index (χ0v) is 17.5. The van der Waals surface area contributed by atoms with E-state index in [-0.39, 0.29) is 17.2 Å². The van der Waals surface area contributed by atoms with Crippen LogP contribution < -0.4 is 10.9 Å². The Bertz CT molecular complexity index is 1490. The van der Waals surface area contributed by atoms with Crippen molar-refractivity contribution < 1.29 is 9.32 Å². The van der Waals surface area contributed by atoms with Crippen LogP contribution in [-0.2, 0) is 0 Å². The molecule has 3 heterocycles. The van der Waals surface area contributed by atoms with Gasteiger partial charge in [-0.1, -0.05) is 65.8 Å². The molecule has 1 amide bonds. The molecule has 3 aromatic heterocycles. The van der Waals surface area contributed by atoms with Gasteiger partial charge < -0.3 is 9.84 Å². The zero-order chi connectivity index (χ0) is 22.8. The van der Waals surface area contributed by atoms with Gasteiger partial charge in [0.2, 0.25) is 5.95 Å². The third-order valence-corrected chi connectivity index (χ3v) is 4.88. The van der Waals surface area contributed by atoms with Crippen molar-refractivity contribution in [2.75, 3.05) is 5.32 Å². The summed E-state index contributed by atoms with van der Waals surface area (Å²) in [7, 11) is 0. The summed E-state index contributed by atoms with van der Waals surface area (Å²) in [6.07, 6.45) is 0. The minimum Gasteiger partial charge on any atom is -0.355 e. The summed E-state index contributed by atoms with van der Waals surface area (Å²) in [5.74, 6) is 0.486. The quantitative estimate of drug-likeness (QED) is 0.430. The van der Waals surface area contributed by atoms with E-state index in [2.05, 4.69) is 25.5 Å². The molecule has 0 bridgehead atoms. The molecular formula is C24H18N6O3. The number of benzene rings is 2. The molecule has 0 radical (unpaired) electrons. The minimum atomic E-state index is -0.489. The molecule has 0 fully saturated rings. The molecule has 5 aromatic rings. The fourth-order valence-electron chi connectivity index (χ4n) is 3.35. The molecule has 2 aromatic carbocycles. The highest BCUT2D eigenvalue weighted by Crippen LogP contribution is 2.25. The molecule has 162 valence electrons. The smallest absolute Gasteiger partial charge is 0.279 e. The first kappa shape index (κ1) is 20.1. The van der Waals surface area contributed by atoms with Gasteiger partial charge in [0.15, 0.2) is 11.5 Å². The van der Waals surface area contributed by atoms with Crippen LogP contribution in [0, 0.1) is 6.92 Å². The van der Waals surface area contributed by atoms with Crippen LogP contribution in [0.2, 0.25) is 0 Å². The van der Waals surface area contributed by atoms with Crippen molar-refractivity contribution in [3.05, 3.63) is 101 Å². The van der Waals surface area contributed by atoms with E-state index in [9.17, 15) is 9.59 Å². The van der Waals surface area contributed by atoms with E-state index in [1.54, 1.807) is 19.1 Å². The Morgan fingerprint density at radius 2 is 1.67 bits per heavy atom. The Labute approximate surface area is 187 Å². The SMILES string of the molecule is Cc1cc(=O)[nH]c(-n2nc(-c3ccccc3)cc2NC(=O)c2cc(-c3ccccc3)on2)n1. The number of hydrogen-bond donors (Lipinski definition) is 2. The van der Waals surface area contributed by atoms with Gasteiger partial charge >= 0.3 is 0 Å². The number of amides is 1. The van der Waals surface area contributed by atoms with Crippen molar-refractivity contribution in [1.82, 2.24) is 24.9 Å². The molecular weight excluding hydrogens is 420 g/mol. The number of nitrogens with one attached hydrogen (secondary N) is 2. The fourth-order valence-corrected chi connectivity index (χ4v) is 3.35. The van der Waals surface area contributed by atoms with E-state index in [1.165, 1.54) is 10.7 Å². The molecule has 0 saturated heterocycles. The van der Waals surface area contributed by atoms with Crippen LogP contribution in [0.5, 0.6) is 0 Å². The van der Waals surface area contributed by atoms with Gasteiger partial charge in [-0.15, -0.1) is 0 Å². The number of aromatic amines is 1. The summed E-state index contributed by atoms with van der Waals surface area (Å²) in [4.78, 5) is 32.0. The van der Waals surface area contributed by atoms with E-state index >= 15 is 0 Å². The van der Waals surface area contributed by atoms with Gasteiger partial charge in [0, 0.05) is 35.0 Å². The monoisotopic (exact) mass is 438 g/mol. The Hall–Kier alpha value is -4.79. The number of nitrogens with zero attached hydrogens (tertiary/aromatic N) is 4. The molecule has 2 N–H and O–H groups in total. The maximum Gasteiger partial charge on any atom is 0.279 e. The van der Waals surface area contributed by atoms with Crippen LogP contribution in [-0.4, -0.2) is 30.8 Å². The highest BCUT2D eigenvalue weighted by atomic mass is 16.5. The van der Waals surface area contributed by atoms with Gasteiger partial charge in [-0.2, -0.15) is 9.78 Å². The van der Waals surface area contributed by atoms with E-state index < -0.39 is 5.91 Å². The van der Waals surface area contributed by atoms with Crippen molar-refractivity contribution in [2.24, 2.45) is 0 Å². The second kappa shape index (κ2) is 8.39. The van der Waals surface area contributed by atoms with Gasteiger partial charge in [-0.25, -0.2) is 4.98 Å². The van der Waals surface area contributed by atoms with E-state index in [1.807, 2.05) is 60.7 Å². The van der Waals surface area contributed by atoms with Crippen LogP contribution in [0.4, 0.5) is 5.82 Å². The Morgan fingerprint density at radius 3 is 2.36 bits per heavy atom. The average molecular weight is 438 g/mol. The van der Waals surface area contributed by atoms with Crippen LogP contribution >= 0.6 is 0 Å². The first-order valence-electron chi connectivity index (χ1n) is 10.1. The summed E-state index contributed by atoms with van der Waals surface area (Å²) in [5, 5.41) is 11.2. The summed E-state index contributed by atoms with van der Waals surface area (Å²) in [5.41, 5.74) is 2.55. The van der Waals surface area contributed by atoms with Gasteiger partial charge in [0.1, 0.15) is 5.82 Å². The Balaban J connectivity index is 1.52. The fraction of sp³-hybridized carbons (Fsp3) is 0.0417. The first-order valence-corrected chi connectivity index (χ1v) is 10.1. The molecule has 0 aliphatic rings. The predicted molar refractivity (Wildman–Crippen MR) is 122 cm³/mol. The van der Waals surface area contributed by atoms with E-state index in [0.717, 1.165) is 11.1 Å². The number of aryl methyl sites for hydroxylation is 1. The molecule has 0 unspecified atom stereocenters. The maximum absolute atomic E-state index is 13.0. The second-order valence-electron chi connectivity index (χ2n) is 7.30. The van der Waals surface area contributed by atoms with Crippen molar-refractivity contribution in [1.29, 1.82) is 0 Å². The summed E-state index contributed by atoms with van der Waals surface area (Å²) in [6, 6.07) is 23.5. The molecule has 9 heteroatoms. The molecule has 5 rings (SSSR count). The highest BCUT2D eigenvalue weighted by Gasteiger charge is 2.19. The number of hydrogen-bond acceptors (Lipinski definition) is 6. The summed E-state index contributed by atoms with van der Waals surface area (Å²) in [6.45, 7) is 1.71. The van der Waals surface area contributed by atoms with Gasteiger partial charge in [-0.3, -0.25) is 14.6 Å². The van der Waals surface area contributed by atoms with Crippen molar-refractivity contribution in [3.8, 4) is 28.5 Å². The number of aromatic nitrogens is 5. The van der Waals surface area contributed by atoms with Crippen LogP contribution in [0.25, 0.3) is 28.5 Å². The molecule has 0 saturated carbocycles. The average Bonchev–Trinajstić information content (AvgIpc) is 3.48. The maximum atomic E-state index is 13.0. The van der Waals surface area contributed by atoms with Crippen molar-refractivity contribution in [2.45, 2.75) is 6.92 Å². The normalized spacial score (nSPS) is 10.8. The van der Waals surface area contributed by atoms with Crippen LogP contribution in [0.15, 0.2) is 88.2 Å². The molecule has 0 aliphatic carbocycles. The number of carbonyl (C=O) groups excluding carboxylic acids is 1. The van der Waals surface area contributed by atoms with Crippen LogP contribution in [0.3, 0.4) is 0 Å². The largest absolute Gasteiger partial charge is 0.355 e. The molecule has 33 heavy (non-hydrogen) atoms. The van der Waals surface area contributed by atoms with Gasteiger partial charge in [-0.05, 0) is 6.92 Å². The van der Waals surface area contributed by atoms with E-state index in [0.29, 0.717) is 23.0 Å². The minimum absolute atomic E-state index is 0.105. The van der Waals surface area contributed by atoms with Crippen molar-refractivity contribution in [3.63, 3.8) is 0 Å². The standard InChI is InChI=1S/C24H18N6O3/c1-15-12-22(31)27-24(25-15)30-21(14-18(28-30)16-8-4-2-5-9-16)26-23(32)19-13-20(33-29-19)17-10-6-3-7-11-17/h2-14H,1H3,(H,26,32)(H,25,27,31). The predicted octanol–water partition coefficient (Wildman–Crippen LogP) is 3.84. The third kappa shape index (κ3) is 4.19. The number of rotatable bonds is 5. The highest BCUT2D eigenvalue weighted by molar-refractivity contribution is 6.03.